The van der Waals surface area contributed by atoms with Crippen molar-refractivity contribution in [2.45, 2.75) is 18.4 Å². The van der Waals surface area contributed by atoms with Gasteiger partial charge in [0.25, 0.3) is 5.91 Å². The molecule has 0 saturated carbocycles. The monoisotopic (exact) mass is 329 g/mol. The molecular formula is C17H19N3O4. The van der Waals surface area contributed by atoms with Crippen molar-refractivity contribution in [1.82, 2.24) is 15.1 Å². The number of rotatable bonds is 2. The Hall–Kier alpha value is -2.41. The van der Waals surface area contributed by atoms with Gasteiger partial charge in [-0.3, -0.25) is 14.5 Å². The molecule has 0 radical (unpaired) electrons. The Morgan fingerprint density at radius 2 is 1.96 bits per heavy atom. The number of hydrogen-bond donors (Lipinski definition) is 1. The Morgan fingerprint density at radius 3 is 2.75 bits per heavy atom. The SMILES string of the molecule is O=C(CN1C(=O)NC2(CCc3ccccc32)C1=O)N1CCOCC1. The lowest BCUT2D eigenvalue weighted by Crippen LogP contribution is -2.48. The third-order valence-corrected chi connectivity index (χ3v) is 5.08. The van der Waals surface area contributed by atoms with Gasteiger partial charge in [-0.15, -0.1) is 0 Å². The van der Waals surface area contributed by atoms with Crippen LogP contribution in [-0.4, -0.2) is 60.5 Å². The van der Waals surface area contributed by atoms with E-state index < -0.39 is 11.6 Å². The summed E-state index contributed by atoms with van der Waals surface area (Å²) in [5.41, 5.74) is 0.927. The summed E-state index contributed by atoms with van der Waals surface area (Å²) in [4.78, 5) is 40.4. The molecule has 7 nitrogen and oxygen atoms in total. The van der Waals surface area contributed by atoms with Gasteiger partial charge in [0.2, 0.25) is 5.91 Å². The van der Waals surface area contributed by atoms with E-state index >= 15 is 0 Å². The maximum Gasteiger partial charge on any atom is 0.325 e. The van der Waals surface area contributed by atoms with Crippen molar-refractivity contribution in [3.63, 3.8) is 0 Å². The number of benzene rings is 1. The Kier molecular flexibility index (Phi) is 3.53. The number of fused-ring (bicyclic) bond motifs is 2. The summed E-state index contributed by atoms with van der Waals surface area (Å²) >= 11 is 0. The second-order valence-electron chi connectivity index (χ2n) is 6.38. The lowest BCUT2D eigenvalue weighted by Gasteiger charge is -2.28. The van der Waals surface area contributed by atoms with Crippen LogP contribution >= 0.6 is 0 Å². The summed E-state index contributed by atoms with van der Waals surface area (Å²) in [6, 6.07) is 7.17. The molecule has 4 amide bonds. The van der Waals surface area contributed by atoms with Gasteiger partial charge in [-0.25, -0.2) is 4.79 Å². The van der Waals surface area contributed by atoms with E-state index in [1.807, 2.05) is 24.3 Å². The molecule has 126 valence electrons. The van der Waals surface area contributed by atoms with E-state index in [4.69, 9.17) is 4.74 Å². The van der Waals surface area contributed by atoms with Gasteiger partial charge in [0, 0.05) is 13.1 Å². The van der Waals surface area contributed by atoms with Crippen molar-refractivity contribution in [1.29, 1.82) is 0 Å². The first-order chi connectivity index (χ1) is 11.6. The van der Waals surface area contributed by atoms with Crippen LogP contribution in [0.5, 0.6) is 0 Å². The van der Waals surface area contributed by atoms with Gasteiger partial charge in [-0.2, -0.15) is 0 Å². The van der Waals surface area contributed by atoms with Gasteiger partial charge in [0.05, 0.1) is 13.2 Å². The summed E-state index contributed by atoms with van der Waals surface area (Å²) < 4.78 is 5.22. The molecule has 1 atom stereocenters. The number of hydrogen-bond acceptors (Lipinski definition) is 4. The average Bonchev–Trinajstić information content (AvgIpc) is 3.10. The first-order valence-corrected chi connectivity index (χ1v) is 8.20. The zero-order valence-electron chi connectivity index (χ0n) is 13.3. The normalized spacial score (nSPS) is 26.0. The van der Waals surface area contributed by atoms with E-state index in [0.717, 1.165) is 22.4 Å². The van der Waals surface area contributed by atoms with Crippen LogP contribution in [0.3, 0.4) is 0 Å². The lowest BCUT2D eigenvalue weighted by molar-refractivity contribution is -0.141. The number of ether oxygens (including phenoxy) is 1. The van der Waals surface area contributed by atoms with Crippen LogP contribution in [0, 0.1) is 0 Å². The van der Waals surface area contributed by atoms with E-state index in [-0.39, 0.29) is 18.4 Å². The maximum absolute atomic E-state index is 13.0. The third-order valence-electron chi connectivity index (χ3n) is 5.08. The first-order valence-electron chi connectivity index (χ1n) is 8.20. The summed E-state index contributed by atoms with van der Waals surface area (Å²) in [6.45, 7) is 1.76. The summed E-state index contributed by atoms with van der Waals surface area (Å²) in [5, 5.41) is 2.84. The minimum atomic E-state index is -1.00. The number of nitrogens with one attached hydrogen (secondary N) is 1. The topological polar surface area (TPSA) is 79.0 Å². The van der Waals surface area contributed by atoms with Crippen LogP contribution in [0.1, 0.15) is 17.5 Å². The Labute approximate surface area is 139 Å². The number of carbonyl (C=O) groups excluding carboxylic acids is 3. The molecule has 1 aliphatic carbocycles. The third kappa shape index (κ3) is 2.19. The average molecular weight is 329 g/mol. The maximum atomic E-state index is 13.0. The number of carbonyl (C=O) groups is 3. The van der Waals surface area contributed by atoms with Crippen molar-refractivity contribution in [2.75, 3.05) is 32.8 Å². The molecule has 7 heteroatoms. The number of amides is 4. The number of aryl methyl sites for hydroxylation is 1. The zero-order chi connectivity index (χ0) is 16.7. The number of morpholine rings is 1. The molecule has 1 spiro atoms. The second-order valence-corrected chi connectivity index (χ2v) is 6.38. The van der Waals surface area contributed by atoms with Gasteiger partial charge in [0.15, 0.2) is 0 Å². The molecule has 2 fully saturated rings. The summed E-state index contributed by atoms with van der Waals surface area (Å²) in [6.07, 6.45) is 1.28. The lowest BCUT2D eigenvalue weighted by atomic mass is 9.92. The van der Waals surface area contributed by atoms with Gasteiger partial charge >= 0.3 is 6.03 Å². The molecule has 2 saturated heterocycles. The number of urea groups is 1. The molecule has 24 heavy (non-hydrogen) atoms. The van der Waals surface area contributed by atoms with E-state index in [1.165, 1.54) is 0 Å². The van der Waals surface area contributed by atoms with Crippen molar-refractivity contribution in [2.24, 2.45) is 0 Å². The summed E-state index contributed by atoms with van der Waals surface area (Å²) in [7, 11) is 0. The highest BCUT2D eigenvalue weighted by Gasteiger charge is 2.55. The zero-order valence-corrected chi connectivity index (χ0v) is 13.3. The van der Waals surface area contributed by atoms with Gasteiger partial charge in [0.1, 0.15) is 12.1 Å². The molecule has 1 N–H and O–H groups in total. The highest BCUT2D eigenvalue weighted by molar-refractivity contribution is 6.09. The standard InChI is InChI=1S/C17H19N3O4/c21-14(19-7-9-24-10-8-19)11-20-15(22)17(18-16(20)23)6-5-12-3-1-2-4-13(12)17/h1-4H,5-11H2,(H,18,23). The fraction of sp³-hybridized carbons (Fsp3) is 0.471. The second kappa shape index (κ2) is 5.59. The molecule has 1 unspecified atom stereocenters. The fourth-order valence-electron chi connectivity index (χ4n) is 3.78. The molecule has 3 aliphatic rings. The van der Waals surface area contributed by atoms with Crippen LogP contribution in [0.25, 0.3) is 0 Å². The van der Waals surface area contributed by atoms with E-state index in [0.29, 0.717) is 32.7 Å². The van der Waals surface area contributed by atoms with Crippen LogP contribution < -0.4 is 5.32 Å². The van der Waals surface area contributed by atoms with Crippen molar-refractivity contribution < 1.29 is 19.1 Å². The van der Waals surface area contributed by atoms with E-state index in [1.54, 1.807) is 4.90 Å². The molecule has 2 aliphatic heterocycles. The smallest absolute Gasteiger partial charge is 0.325 e. The molecule has 4 rings (SSSR count). The molecular weight excluding hydrogens is 310 g/mol. The van der Waals surface area contributed by atoms with Crippen molar-refractivity contribution >= 4 is 17.8 Å². The van der Waals surface area contributed by atoms with Crippen LogP contribution in [0.4, 0.5) is 4.79 Å². The predicted molar refractivity (Wildman–Crippen MR) is 84.1 cm³/mol. The van der Waals surface area contributed by atoms with Crippen molar-refractivity contribution in [3.05, 3.63) is 35.4 Å². The van der Waals surface area contributed by atoms with E-state index in [2.05, 4.69) is 5.32 Å². The Morgan fingerprint density at radius 1 is 1.21 bits per heavy atom. The quantitative estimate of drug-likeness (QED) is 0.788. The highest BCUT2D eigenvalue weighted by atomic mass is 16.5. The predicted octanol–water partition coefficient (Wildman–Crippen LogP) is 0.239. The van der Waals surface area contributed by atoms with Crippen LogP contribution in [-0.2, 0) is 26.3 Å². The minimum absolute atomic E-state index is 0.214. The van der Waals surface area contributed by atoms with Gasteiger partial charge < -0.3 is 15.0 Å². The molecule has 1 aromatic rings. The largest absolute Gasteiger partial charge is 0.378 e. The Bertz CT molecular complexity index is 714. The van der Waals surface area contributed by atoms with Crippen LogP contribution in [0.15, 0.2) is 24.3 Å². The van der Waals surface area contributed by atoms with Crippen LogP contribution in [0.2, 0.25) is 0 Å². The molecule has 1 aromatic carbocycles. The van der Waals surface area contributed by atoms with Crippen molar-refractivity contribution in [3.8, 4) is 0 Å². The van der Waals surface area contributed by atoms with E-state index in [9.17, 15) is 14.4 Å². The summed E-state index contributed by atoms with van der Waals surface area (Å²) in [5.74, 6) is -0.538. The highest BCUT2D eigenvalue weighted by Crippen LogP contribution is 2.41. The Balaban J connectivity index is 1.55. The fourth-order valence-corrected chi connectivity index (χ4v) is 3.78. The van der Waals surface area contributed by atoms with Gasteiger partial charge in [-0.1, -0.05) is 24.3 Å². The molecule has 2 heterocycles. The van der Waals surface area contributed by atoms with Gasteiger partial charge in [-0.05, 0) is 24.0 Å². The minimum Gasteiger partial charge on any atom is -0.378 e. The molecule has 0 aromatic heterocycles. The first kappa shape index (κ1) is 15.1. The number of nitrogens with zero attached hydrogens (tertiary/aromatic N) is 2. The molecule has 0 bridgehead atoms. The number of imide groups is 1.